The van der Waals surface area contributed by atoms with Gasteiger partial charge in [-0.05, 0) is 25.8 Å². The van der Waals surface area contributed by atoms with E-state index in [9.17, 15) is 4.79 Å². The van der Waals surface area contributed by atoms with Crippen molar-refractivity contribution >= 4 is 17.2 Å². The summed E-state index contributed by atoms with van der Waals surface area (Å²) in [7, 11) is 0. The van der Waals surface area contributed by atoms with E-state index in [0.29, 0.717) is 6.54 Å². The molecule has 0 radical (unpaired) electrons. The molecule has 0 aromatic carbocycles. The van der Waals surface area contributed by atoms with Gasteiger partial charge in [0.1, 0.15) is 0 Å². The number of nitrogens with zero attached hydrogens (tertiary/aromatic N) is 1. The summed E-state index contributed by atoms with van der Waals surface area (Å²) >= 11 is 1.66. The molecule has 1 aliphatic heterocycles. The fourth-order valence-electron chi connectivity index (χ4n) is 1.99. The van der Waals surface area contributed by atoms with Gasteiger partial charge >= 0.3 is 0 Å². The Kier molecular flexibility index (Phi) is 4.50. The minimum Gasteiger partial charge on any atom is -0.350 e. The number of aryl methyl sites for hydroxylation is 1. The zero-order valence-corrected chi connectivity index (χ0v) is 11.0. The van der Waals surface area contributed by atoms with Crippen molar-refractivity contribution in [2.45, 2.75) is 32.7 Å². The van der Waals surface area contributed by atoms with Gasteiger partial charge in [0, 0.05) is 11.9 Å². The highest BCUT2D eigenvalue weighted by Crippen LogP contribution is 2.12. The van der Waals surface area contributed by atoms with Crippen molar-refractivity contribution in [1.29, 1.82) is 0 Å². The van der Waals surface area contributed by atoms with Crippen LogP contribution in [0.1, 0.15) is 30.5 Å². The lowest BCUT2D eigenvalue weighted by Crippen LogP contribution is -2.40. The van der Waals surface area contributed by atoms with Crippen molar-refractivity contribution in [2.24, 2.45) is 5.92 Å². The number of rotatable bonds is 4. The topological polar surface area (TPSA) is 54.0 Å². The fraction of sp³-hybridized carbons (Fsp3) is 0.667. The van der Waals surface area contributed by atoms with E-state index in [2.05, 4.69) is 22.5 Å². The minimum absolute atomic E-state index is 0.132. The number of aromatic nitrogens is 1. The lowest BCUT2D eigenvalue weighted by molar-refractivity contribution is -0.125. The summed E-state index contributed by atoms with van der Waals surface area (Å²) in [5.41, 5.74) is 0.976. The maximum atomic E-state index is 11.9. The van der Waals surface area contributed by atoms with Crippen LogP contribution in [0.25, 0.3) is 0 Å². The van der Waals surface area contributed by atoms with Crippen LogP contribution in [0.3, 0.4) is 0 Å². The number of carbonyl (C=O) groups is 1. The number of carbonyl (C=O) groups excluding carboxylic acids is 1. The number of amides is 1. The standard InChI is InChI=1S/C12H19N3OS/c1-2-11-15-10(8-17-11)7-14-12(16)9-4-3-5-13-6-9/h8-9,13H,2-7H2,1H3,(H,14,16). The zero-order chi connectivity index (χ0) is 12.1. The summed E-state index contributed by atoms with van der Waals surface area (Å²) in [4.78, 5) is 16.3. The monoisotopic (exact) mass is 253 g/mol. The normalized spacial score (nSPS) is 20.2. The predicted octanol–water partition coefficient (Wildman–Crippen LogP) is 1.32. The van der Waals surface area contributed by atoms with Gasteiger partial charge in [0.25, 0.3) is 0 Å². The first-order valence-corrected chi connectivity index (χ1v) is 7.09. The molecule has 0 saturated carbocycles. The number of nitrogens with one attached hydrogen (secondary N) is 2. The Hall–Kier alpha value is -0.940. The van der Waals surface area contributed by atoms with Crippen molar-refractivity contribution in [3.63, 3.8) is 0 Å². The Morgan fingerprint density at radius 1 is 1.71 bits per heavy atom. The fourth-order valence-corrected chi connectivity index (χ4v) is 2.73. The van der Waals surface area contributed by atoms with E-state index in [4.69, 9.17) is 0 Å². The number of hydrogen-bond acceptors (Lipinski definition) is 4. The maximum absolute atomic E-state index is 11.9. The van der Waals surface area contributed by atoms with Crippen LogP contribution in [0.2, 0.25) is 0 Å². The third-order valence-corrected chi connectivity index (χ3v) is 4.06. The van der Waals surface area contributed by atoms with E-state index in [1.807, 2.05) is 5.38 Å². The molecule has 1 unspecified atom stereocenters. The van der Waals surface area contributed by atoms with Crippen LogP contribution in [-0.4, -0.2) is 24.0 Å². The highest BCUT2D eigenvalue weighted by molar-refractivity contribution is 7.09. The van der Waals surface area contributed by atoms with Crippen LogP contribution >= 0.6 is 11.3 Å². The third-order valence-electron chi connectivity index (χ3n) is 3.01. The Morgan fingerprint density at radius 2 is 2.59 bits per heavy atom. The molecule has 0 bridgehead atoms. The largest absolute Gasteiger partial charge is 0.350 e. The summed E-state index contributed by atoms with van der Waals surface area (Å²) in [6.07, 6.45) is 3.05. The molecule has 5 heteroatoms. The molecule has 1 aliphatic rings. The summed E-state index contributed by atoms with van der Waals surface area (Å²) < 4.78 is 0. The summed E-state index contributed by atoms with van der Waals surface area (Å²) in [6, 6.07) is 0. The number of thiazole rings is 1. The first kappa shape index (κ1) is 12.5. The molecule has 0 spiro atoms. The highest BCUT2D eigenvalue weighted by atomic mass is 32.1. The van der Waals surface area contributed by atoms with E-state index in [1.54, 1.807) is 11.3 Å². The summed E-state index contributed by atoms with van der Waals surface area (Å²) in [6.45, 7) is 4.50. The lowest BCUT2D eigenvalue weighted by Gasteiger charge is -2.21. The Balaban J connectivity index is 1.78. The van der Waals surface area contributed by atoms with Gasteiger partial charge in [-0.1, -0.05) is 6.92 Å². The van der Waals surface area contributed by atoms with Crippen molar-refractivity contribution < 1.29 is 4.79 Å². The molecule has 0 aliphatic carbocycles. The molecule has 4 nitrogen and oxygen atoms in total. The molecule has 2 N–H and O–H groups in total. The van der Waals surface area contributed by atoms with Crippen molar-refractivity contribution in [3.05, 3.63) is 16.1 Å². The second-order valence-corrected chi connectivity index (χ2v) is 5.29. The molecule has 1 aromatic rings. The lowest BCUT2D eigenvalue weighted by atomic mass is 9.99. The van der Waals surface area contributed by atoms with Crippen LogP contribution < -0.4 is 10.6 Å². The molecule has 2 heterocycles. The molecule has 17 heavy (non-hydrogen) atoms. The van der Waals surface area contributed by atoms with Crippen molar-refractivity contribution in [2.75, 3.05) is 13.1 Å². The molecule has 1 fully saturated rings. The van der Waals surface area contributed by atoms with Gasteiger partial charge in [-0.25, -0.2) is 4.98 Å². The second-order valence-electron chi connectivity index (χ2n) is 4.35. The average Bonchev–Trinajstić information content (AvgIpc) is 2.85. The first-order valence-electron chi connectivity index (χ1n) is 6.21. The van der Waals surface area contributed by atoms with E-state index in [1.165, 1.54) is 0 Å². The van der Waals surface area contributed by atoms with Gasteiger partial charge in [0.05, 0.1) is 23.2 Å². The van der Waals surface area contributed by atoms with Crippen molar-refractivity contribution in [3.8, 4) is 0 Å². The Morgan fingerprint density at radius 3 is 3.24 bits per heavy atom. The van der Waals surface area contributed by atoms with Gasteiger partial charge in [0.15, 0.2) is 0 Å². The number of piperidine rings is 1. The van der Waals surface area contributed by atoms with E-state index in [-0.39, 0.29) is 11.8 Å². The van der Waals surface area contributed by atoms with Crippen LogP contribution in [0.15, 0.2) is 5.38 Å². The van der Waals surface area contributed by atoms with Crippen LogP contribution in [0, 0.1) is 5.92 Å². The first-order chi connectivity index (χ1) is 8.29. The van der Waals surface area contributed by atoms with Gasteiger partial charge in [-0.3, -0.25) is 4.79 Å². The molecule has 94 valence electrons. The maximum Gasteiger partial charge on any atom is 0.224 e. The number of hydrogen-bond donors (Lipinski definition) is 2. The molecule has 2 rings (SSSR count). The molecule has 1 aromatic heterocycles. The summed E-state index contributed by atoms with van der Waals surface area (Å²) in [5, 5.41) is 9.38. The second kappa shape index (κ2) is 6.12. The van der Waals surface area contributed by atoms with Gasteiger partial charge in [0.2, 0.25) is 5.91 Å². The smallest absolute Gasteiger partial charge is 0.224 e. The predicted molar refractivity (Wildman–Crippen MR) is 68.9 cm³/mol. The average molecular weight is 253 g/mol. The van der Waals surface area contributed by atoms with Crippen LogP contribution in [-0.2, 0) is 17.8 Å². The van der Waals surface area contributed by atoms with Crippen molar-refractivity contribution in [1.82, 2.24) is 15.6 Å². The molecule has 1 atom stereocenters. The van der Waals surface area contributed by atoms with Gasteiger partial charge < -0.3 is 10.6 Å². The summed E-state index contributed by atoms with van der Waals surface area (Å²) in [5.74, 6) is 0.288. The van der Waals surface area contributed by atoms with Gasteiger partial charge in [-0.15, -0.1) is 11.3 Å². The SMILES string of the molecule is CCc1nc(CNC(=O)C2CCCNC2)cs1. The molecular formula is C12H19N3OS. The molecular weight excluding hydrogens is 234 g/mol. The van der Waals surface area contributed by atoms with Crippen LogP contribution in [0.4, 0.5) is 0 Å². The highest BCUT2D eigenvalue weighted by Gasteiger charge is 2.20. The van der Waals surface area contributed by atoms with E-state index >= 15 is 0 Å². The van der Waals surface area contributed by atoms with Crippen LogP contribution in [0.5, 0.6) is 0 Å². The minimum atomic E-state index is 0.132. The Bertz CT molecular complexity index is 372. The van der Waals surface area contributed by atoms with E-state index in [0.717, 1.165) is 43.1 Å². The third kappa shape index (κ3) is 3.51. The quantitative estimate of drug-likeness (QED) is 0.851. The van der Waals surface area contributed by atoms with Gasteiger partial charge in [-0.2, -0.15) is 0 Å². The van der Waals surface area contributed by atoms with E-state index < -0.39 is 0 Å². The molecule has 1 amide bonds. The zero-order valence-electron chi connectivity index (χ0n) is 10.2. The molecule has 1 saturated heterocycles. The Labute approximate surface area is 106 Å².